The lowest BCUT2D eigenvalue weighted by atomic mass is 10.2. The molecule has 1 heterocycles. The summed E-state index contributed by atoms with van der Waals surface area (Å²) in [6, 6.07) is 11.5. The largest absolute Gasteiger partial charge is 0.365 e. The van der Waals surface area contributed by atoms with Crippen LogP contribution >= 0.6 is 0 Å². The van der Waals surface area contributed by atoms with Gasteiger partial charge in [-0.1, -0.05) is 23.8 Å². The van der Waals surface area contributed by atoms with Gasteiger partial charge in [0.25, 0.3) is 10.1 Å². The Morgan fingerprint density at radius 2 is 1.83 bits per heavy atom. The molecule has 0 N–H and O–H groups in total. The topological polar surface area (TPSA) is 82.6 Å². The number of rotatable bonds is 8. The quantitative estimate of drug-likeness (QED) is 0.531. The summed E-state index contributed by atoms with van der Waals surface area (Å²) in [5, 5.41) is 0.417. The van der Waals surface area contributed by atoms with E-state index in [1.807, 2.05) is 6.92 Å². The average Bonchev–Trinajstić information content (AvgIpc) is 2.55. The highest BCUT2D eigenvalue weighted by Crippen LogP contribution is 2.13. The molecule has 0 aliphatic heterocycles. The standard InChI is InChI=1S/C15H17NO5S2/c1-13-5-7-14(8-6-13)23(18,19)21-11-10-20-12-22(17)15-4-2-3-9-16-15/h2-9H,10-12H2,1H3. The molecule has 1 aromatic carbocycles. The SMILES string of the molecule is Cc1ccc(S(=O)(=O)OCCOCS(=O)c2ccccn2)cc1. The van der Waals surface area contributed by atoms with Crippen molar-refractivity contribution in [3.63, 3.8) is 0 Å². The Bertz CT molecular complexity index is 745. The lowest BCUT2D eigenvalue weighted by Crippen LogP contribution is -2.13. The zero-order chi connectivity index (χ0) is 16.7. The maximum absolute atomic E-state index is 11.9. The molecule has 124 valence electrons. The number of pyridine rings is 1. The number of hydrogen-bond acceptors (Lipinski definition) is 6. The van der Waals surface area contributed by atoms with Crippen molar-refractivity contribution in [3.8, 4) is 0 Å². The highest BCUT2D eigenvalue weighted by molar-refractivity contribution is 7.86. The molecule has 0 saturated heterocycles. The zero-order valence-corrected chi connectivity index (χ0v) is 14.2. The van der Waals surface area contributed by atoms with Crippen LogP contribution in [0.3, 0.4) is 0 Å². The molecule has 0 spiro atoms. The van der Waals surface area contributed by atoms with Gasteiger partial charge in [0.2, 0.25) is 0 Å². The summed E-state index contributed by atoms with van der Waals surface area (Å²) in [6.45, 7) is 1.74. The van der Waals surface area contributed by atoms with Crippen LogP contribution in [0.2, 0.25) is 0 Å². The highest BCUT2D eigenvalue weighted by atomic mass is 32.2. The second kappa shape index (κ2) is 8.30. The van der Waals surface area contributed by atoms with Crippen molar-refractivity contribution in [2.24, 2.45) is 0 Å². The van der Waals surface area contributed by atoms with Crippen LogP contribution in [0.15, 0.2) is 58.6 Å². The molecule has 6 nitrogen and oxygen atoms in total. The fourth-order valence-corrected chi connectivity index (χ4v) is 3.34. The predicted molar refractivity (Wildman–Crippen MR) is 85.8 cm³/mol. The maximum Gasteiger partial charge on any atom is 0.297 e. The van der Waals surface area contributed by atoms with Crippen molar-refractivity contribution < 1.29 is 21.5 Å². The Kier molecular flexibility index (Phi) is 6.40. The van der Waals surface area contributed by atoms with E-state index in [4.69, 9.17) is 8.92 Å². The van der Waals surface area contributed by atoms with E-state index >= 15 is 0 Å². The Labute approximate surface area is 138 Å². The zero-order valence-electron chi connectivity index (χ0n) is 12.5. The van der Waals surface area contributed by atoms with E-state index in [2.05, 4.69) is 4.98 Å². The van der Waals surface area contributed by atoms with E-state index in [0.717, 1.165) is 5.56 Å². The van der Waals surface area contributed by atoms with Gasteiger partial charge in [0, 0.05) is 6.20 Å². The molecule has 0 amide bonds. The van der Waals surface area contributed by atoms with Gasteiger partial charge in [-0.2, -0.15) is 8.42 Å². The Morgan fingerprint density at radius 1 is 1.09 bits per heavy atom. The van der Waals surface area contributed by atoms with Gasteiger partial charge in [-0.05, 0) is 31.2 Å². The second-order valence-electron chi connectivity index (χ2n) is 4.63. The normalized spacial score (nSPS) is 12.9. The van der Waals surface area contributed by atoms with Crippen LogP contribution in [0.25, 0.3) is 0 Å². The van der Waals surface area contributed by atoms with Crippen molar-refractivity contribution in [2.75, 3.05) is 19.2 Å². The van der Waals surface area contributed by atoms with Gasteiger partial charge in [0.1, 0.15) is 11.0 Å². The smallest absolute Gasteiger partial charge is 0.297 e. The molecule has 0 aliphatic carbocycles. The van der Waals surface area contributed by atoms with Gasteiger partial charge in [0.15, 0.2) is 0 Å². The molecule has 0 fully saturated rings. The van der Waals surface area contributed by atoms with Crippen LogP contribution in [-0.4, -0.2) is 36.8 Å². The number of aromatic nitrogens is 1. The van der Waals surface area contributed by atoms with E-state index in [9.17, 15) is 12.6 Å². The lowest BCUT2D eigenvalue weighted by molar-refractivity contribution is 0.136. The van der Waals surface area contributed by atoms with Gasteiger partial charge >= 0.3 is 0 Å². The van der Waals surface area contributed by atoms with E-state index < -0.39 is 20.9 Å². The average molecular weight is 355 g/mol. The number of benzene rings is 1. The first-order valence-corrected chi connectivity index (χ1v) is 9.55. The monoisotopic (exact) mass is 355 g/mol. The molecule has 2 aromatic rings. The van der Waals surface area contributed by atoms with Gasteiger partial charge in [-0.15, -0.1) is 0 Å². The van der Waals surface area contributed by atoms with Crippen molar-refractivity contribution in [1.29, 1.82) is 0 Å². The van der Waals surface area contributed by atoms with E-state index in [-0.39, 0.29) is 24.0 Å². The minimum absolute atomic E-state index is 0.0175. The molecule has 0 aliphatic rings. The summed E-state index contributed by atoms with van der Waals surface area (Å²) in [7, 11) is -5.18. The molecular formula is C15H17NO5S2. The van der Waals surface area contributed by atoms with Crippen LogP contribution in [0.1, 0.15) is 5.56 Å². The summed E-state index contributed by atoms with van der Waals surface area (Å²) in [6.07, 6.45) is 1.55. The Balaban J connectivity index is 1.75. The minimum atomic E-state index is -3.80. The molecule has 0 radical (unpaired) electrons. The first-order chi connectivity index (χ1) is 11.0. The summed E-state index contributed by atoms with van der Waals surface area (Å²) in [5.74, 6) is -0.0645. The van der Waals surface area contributed by atoms with Crippen molar-refractivity contribution in [3.05, 3.63) is 54.2 Å². The third kappa shape index (κ3) is 5.51. The van der Waals surface area contributed by atoms with Crippen LogP contribution in [-0.2, 0) is 29.8 Å². The fraction of sp³-hybridized carbons (Fsp3) is 0.267. The maximum atomic E-state index is 11.9. The summed E-state index contributed by atoms with van der Waals surface area (Å²) >= 11 is 0. The molecule has 0 saturated carbocycles. The first-order valence-electron chi connectivity index (χ1n) is 6.82. The van der Waals surface area contributed by atoms with Gasteiger partial charge in [-0.25, -0.2) is 4.98 Å². The van der Waals surface area contributed by atoms with Gasteiger partial charge in [0.05, 0.1) is 28.9 Å². The van der Waals surface area contributed by atoms with Crippen LogP contribution in [0.4, 0.5) is 0 Å². The van der Waals surface area contributed by atoms with E-state index in [0.29, 0.717) is 5.03 Å². The molecule has 8 heteroatoms. The van der Waals surface area contributed by atoms with E-state index in [1.165, 1.54) is 12.1 Å². The molecular weight excluding hydrogens is 338 g/mol. The first kappa shape index (κ1) is 17.7. The molecule has 2 rings (SSSR count). The Morgan fingerprint density at radius 3 is 2.48 bits per heavy atom. The van der Waals surface area contributed by atoms with Gasteiger partial charge < -0.3 is 4.74 Å². The van der Waals surface area contributed by atoms with Crippen molar-refractivity contribution >= 4 is 20.9 Å². The fourth-order valence-electron chi connectivity index (χ4n) is 1.65. The molecule has 1 aromatic heterocycles. The molecule has 1 atom stereocenters. The number of nitrogens with zero attached hydrogens (tertiary/aromatic N) is 1. The van der Waals surface area contributed by atoms with Crippen LogP contribution < -0.4 is 0 Å². The van der Waals surface area contributed by atoms with Crippen LogP contribution in [0.5, 0.6) is 0 Å². The van der Waals surface area contributed by atoms with Crippen molar-refractivity contribution in [2.45, 2.75) is 16.8 Å². The summed E-state index contributed by atoms with van der Waals surface area (Å²) in [4.78, 5) is 4.05. The summed E-state index contributed by atoms with van der Waals surface area (Å²) in [5.41, 5.74) is 0.962. The third-order valence-corrected chi connectivity index (χ3v) is 5.25. The highest BCUT2D eigenvalue weighted by Gasteiger charge is 2.14. The van der Waals surface area contributed by atoms with Crippen molar-refractivity contribution in [1.82, 2.24) is 4.98 Å². The minimum Gasteiger partial charge on any atom is -0.365 e. The molecule has 1 unspecified atom stereocenters. The van der Waals surface area contributed by atoms with Crippen LogP contribution in [0, 0.1) is 6.92 Å². The Hall–Kier alpha value is -1.61. The molecule has 0 bridgehead atoms. The predicted octanol–water partition coefficient (Wildman–Crippen LogP) is 1.88. The second-order valence-corrected chi connectivity index (χ2v) is 7.59. The third-order valence-electron chi connectivity index (χ3n) is 2.84. The lowest BCUT2D eigenvalue weighted by Gasteiger charge is -2.07. The molecule has 23 heavy (non-hydrogen) atoms. The number of hydrogen-bond donors (Lipinski definition) is 0. The summed E-state index contributed by atoms with van der Waals surface area (Å²) < 4.78 is 45.7. The number of aryl methyl sites for hydroxylation is 1. The van der Waals surface area contributed by atoms with Gasteiger partial charge in [-0.3, -0.25) is 8.39 Å². The van der Waals surface area contributed by atoms with E-state index in [1.54, 1.807) is 36.5 Å². The number of ether oxygens (including phenoxy) is 1.